The summed E-state index contributed by atoms with van der Waals surface area (Å²) in [6, 6.07) is 10.3. The number of hydrogen-bond acceptors (Lipinski definition) is 9. The lowest BCUT2D eigenvalue weighted by molar-refractivity contribution is -0.138. The van der Waals surface area contributed by atoms with Gasteiger partial charge < -0.3 is 20.5 Å². The molecule has 0 aliphatic heterocycles. The van der Waals surface area contributed by atoms with Gasteiger partial charge in [-0.2, -0.15) is 5.11 Å². The largest absolute Gasteiger partial charge is 0.506 e. The monoisotopic (exact) mass is 445 g/mol. The molecule has 1 atom stereocenters. The van der Waals surface area contributed by atoms with Crippen molar-refractivity contribution in [2.75, 3.05) is 4.72 Å². The fraction of sp³-hybridized carbons (Fsp3) is 0.158. The first kappa shape index (κ1) is 21.9. The molecule has 1 aromatic heterocycles. The Morgan fingerprint density at radius 2 is 1.90 bits per heavy atom. The normalized spacial score (nSPS) is 12.7. The molecule has 0 aliphatic carbocycles. The number of benzene rings is 2. The molecule has 0 spiro atoms. The zero-order valence-electron chi connectivity index (χ0n) is 16.3. The molecule has 12 heteroatoms. The van der Waals surface area contributed by atoms with Crippen LogP contribution in [0.25, 0.3) is 0 Å². The van der Waals surface area contributed by atoms with Crippen molar-refractivity contribution in [3.8, 4) is 5.75 Å². The van der Waals surface area contributed by atoms with E-state index in [1.165, 1.54) is 42.5 Å². The Labute approximate surface area is 177 Å². The molecule has 3 aromatic rings. The molecule has 0 radical (unpaired) electrons. The first-order chi connectivity index (χ1) is 14.6. The summed E-state index contributed by atoms with van der Waals surface area (Å²) < 4.78 is 31.9. The van der Waals surface area contributed by atoms with Crippen molar-refractivity contribution in [2.45, 2.75) is 24.3 Å². The topological polar surface area (TPSA) is 180 Å². The number of phenols is 1. The summed E-state index contributed by atoms with van der Waals surface area (Å²) in [6.07, 6.45) is 0.0583. The Kier molecular flexibility index (Phi) is 6.32. The third kappa shape index (κ3) is 5.65. The van der Waals surface area contributed by atoms with E-state index in [1.54, 1.807) is 13.0 Å². The zero-order valence-corrected chi connectivity index (χ0v) is 17.1. The van der Waals surface area contributed by atoms with Crippen molar-refractivity contribution in [3.63, 3.8) is 0 Å². The highest BCUT2D eigenvalue weighted by atomic mass is 32.2. The maximum Gasteiger partial charge on any atom is 0.320 e. The van der Waals surface area contributed by atoms with Crippen molar-refractivity contribution in [1.29, 1.82) is 0 Å². The lowest BCUT2D eigenvalue weighted by atomic mass is 10.1. The maximum absolute atomic E-state index is 12.4. The fourth-order valence-electron chi connectivity index (χ4n) is 2.53. The van der Waals surface area contributed by atoms with Gasteiger partial charge in [-0.05, 0) is 55.3 Å². The molecule has 1 heterocycles. The molecule has 5 N–H and O–H groups in total. The van der Waals surface area contributed by atoms with Gasteiger partial charge in [-0.15, -0.1) is 5.11 Å². The molecular formula is C19H19N5O6S. The van der Waals surface area contributed by atoms with Gasteiger partial charge in [-0.3, -0.25) is 9.52 Å². The molecule has 11 nitrogen and oxygen atoms in total. The van der Waals surface area contributed by atoms with E-state index in [0.717, 1.165) is 0 Å². The van der Waals surface area contributed by atoms with Crippen molar-refractivity contribution in [2.24, 2.45) is 16.0 Å². The number of sulfonamides is 1. The van der Waals surface area contributed by atoms with Crippen LogP contribution in [0.3, 0.4) is 0 Å². The van der Waals surface area contributed by atoms with Crippen LogP contribution >= 0.6 is 0 Å². The number of carbonyl (C=O) groups is 1. The number of aromatic nitrogens is 1. The van der Waals surface area contributed by atoms with Crippen molar-refractivity contribution >= 4 is 33.2 Å². The number of anilines is 1. The highest BCUT2D eigenvalue weighted by molar-refractivity contribution is 7.92. The van der Waals surface area contributed by atoms with Crippen molar-refractivity contribution in [1.82, 2.24) is 5.16 Å². The molecule has 3 rings (SSSR count). The van der Waals surface area contributed by atoms with Gasteiger partial charge in [0.15, 0.2) is 5.82 Å². The quantitative estimate of drug-likeness (QED) is 0.382. The fourth-order valence-corrected chi connectivity index (χ4v) is 3.52. The van der Waals surface area contributed by atoms with E-state index in [1.807, 2.05) is 0 Å². The Morgan fingerprint density at radius 1 is 1.19 bits per heavy atom. The Hall–Kier alpha value is -3.77. The van der Waals surface area contributed by atoms with Crippen LogP contribution in [0.4, 0.5) is 17.2 Å². The molecule has 0 bridgehead atoms. The van der Waals surface area contributed by atoms with Gasteiger partial charge in [0.25, 0.3) is 10.0 Å². The predicted octanol–water partition coefficient (Wildman–Crippen LogP) is 2.86. The summed E-state index contributed by atoms with van der Waals surface area (Å²) in [6.45, 7) is 1.64. The van der Waals surface area contributed by atoms with Gasteiger partial charge >= 0.3 is 5.97 Å². The minimum absolute atomic E-state index is 0.0143. The molecule has 2 aromatic carbocycles. The van der Waals surface area contributed by atoms with Gasteiger partial charge in [0.05, 0.1) is 10.6 Å². The molecular weight excluding hydrogens is 426 g/mol. The Morgan fingerprint density at radius 3 is 2.52 bits per heavy atom. The SMILES string of the molecule is Cc1cc(NS(=O)(=O)c2ccc(N=Nc3cc(CC(N)C(=O)O)ccc3O)cc2)no1. The predicted molar refractivity (Wildman–Crippen MR) is 110 cm³/mol. The van der Waals surface area contributed by atoms with Gasteiger partial charge in [0, 0.05) is 6.07 Å². The maximum atomic E-state index is 12.4. The smallest absolute Gasteiger partial charge is 0.320 e. The molecule has 1 unspecified atom stereocenters. The van der Waals surface area contributed by atoms with E-state index in [2.05, 4.69) is 20.1 Å². The molecule has 0 saturated heterocycles. The zero-order chi connectivity index (χ0) is 22.6. The summed E-state index contributed by atoms with van der Waals surface area (Å²) in [4.78, 5) is 10.9. The lowest BCUT2D eigenvalue weighted by Gasteiger charge is -2.07. The number of nitrogens with two attached hydrogens (primary N) is 1. The van der Waals surface area contributed by atoms with Gasteiger partial charge in [-0.1, -0.05) is 11.2 Å². The Bertz CT molecular complexity index is 1220. The molecule has 0 aliphatic rings. The first-order valence-corrected chi connectivity index (χ1v) is 10.4. The summed E-state index contributed by atoms with van der Waals surface area (Å²) in [5, 5.41) is 30.4. The summed E-state index contributed by atoms with van der Waals surface area (Å²) in [5.41, 5.74) is 6.54. The van der Waals surface area contributed by atoms with Gasteiger partial charge in [0.1, 0.15) is 23.2 Å². The highest BCUT2D eigenvalue weighted by Gasteiger charge is 2.16. The number of nitrogens with zero attached hydrogens (tertiary/aromatic N) is 3. The minimum Gasteiger partial charge on any atom is -0.506 e. The third-order valence-electron chi connectivity index (χ3n) is 4.10. The van der Waals surface area contributed by atoms with Crippen LogP contribution in [0.2, 0.25) is 0 Å². The number of aliphatic carboxylic acids is 1. The number of nitrogens with one attached hydrogen (secondary N) is 1. The summed E-state index contributed by atoms with van der Waals surface area (Å²) in [7, 11) is -3.86. The highest BCUT2D eigenvalue weighted by Crippen LogP contribution is 2.30. The van der Waals surface area contributed by atoms with E-state index >= 15 is 0 Å². The van der Waals surface area contributed by atoms with E-state index < -0.39 is 22.0 Å². The average molecular weight is 445 g/mol. The van der Waals surface area contributed by atoms with Crippen LogP contribution in [0.1, 0.15) is 11.3 Å². The number of azo groups is 1. The number of rotatable bonds is 8. The number of phenolic OH excluding ortho intramolecular Hbond substituents is 1. The lowest BCUT2D eigenvalue weighted by Crippen LogP contribution is -2.32. The second-order valence-electron chi connectivity index (χ2n) is 6.59. The number of hydrogen-bond donors (Lipinski definition) is 4. The van der Waals surface area contributed by atoms with Crippen LogP contribution in [0.5, 0.6) is 5.75 Å². The number of carboxylic acid groups (broad SMARTS) is 1. The van der Waals surface area contributed by atoms with Crippen LogP contribution in [-0.2, 0) is 21.2 Å². The van der Waals surface area contributed by atoms with E-state index in [0.29, 0.717) is 17.0 Å². The van der Waals surface area contributed by atoms with Gasteiger partial charge in [0.2, 0.25) is 0 Å². The second-order valence-corrected chi connectivity index (χ2v) is 8.28. The Balaban J connectivity index is 1.74. The molecule has 31 heavy (non-hydrogen) atoms. The van der Waals surface area contributed by atoms with Crippen LogP contribution < -0.4 is 10.5 Å². The number of carboxylic acids is 1. The average Bonchev–Trinajstić information content (AvgIpc) is 3.12. The van der Waals surface area contributed by atoms with Crippen molar-refractivity contribution < 1.29 is 27.9 Å². The van der Waals surface area contributed by atoms with Crippen LogP contribution in [0.15, 0.2) is 68.2 Å². The van der Waals surface area contributed by atoms with E-state index in [9.17, 15) is 18.3 Å². The molecule has 0 amide bonds. The first-order valence-electron chi connectivity index (χ1n) is 8.92. The van der Waals surface area contributed by atoms with Crippen LogP contribution in [0, 0.1) is 6.92 Å². The van der Waals surface area contributed by atoms with Crippen LogP contribution in [-0.4, -0.2) is 35.8 Å². The van der Waals surface area contributed by atoms with Crippen molar-refractivity contribution in [3.05, 3.63) is 59.9 Å². The number of aryl methyl sites for hydroxylation is 1. The molecule has 162 valence electrons. The van der Waals surface area contributed by atoms with E-state index in [4.69, 9.17) is 15.4 Å². The minimum atomic E-state index is -3.86. The van der Waals surface area contributed by atoms with E-state index in [-0.39, 0.29) is 28.6 Å². The van der Waals surface area contributed by atoms with Gasteiger partial charge in [-0.25, -0.2) is 8.42 Å². The molecule has 0 saturated carbocycles. The molecule has 0 fully saturated rings. The standard InChI is InChI=1S/C19H19N5O6S/c1-11-8-18(23-30-11)24-31(28,29)14-5-3-13(4-6-14)21-22-16-10-12(2-7-17(16)25)9-15(20)19(26)27/h2-8,10,15,25H,9,20H2,1H3,(H,23,24)(H,26,27). The second kappa shape index (κ2) is 8.93. The number of aromatic hydroxyl groups is 1. The third-order valence-corrected chi connectivity index (χ3v) is 5.47. The summed E-state index contributed by atoms with van der Waals surface area (Å²) in [5.74, 6) is -0.757. The summed E-state index contributed by atoms with van der Waals surface area (Å²) >= 11 is 0.